The summed E-state index contributed by atoms with van der Waals surface area (Å²) >= 11 is 11.8. The molecule has 0 saturated carbocycles. The van der Waals surface area contributed by atoms with Gasteiger partial charge >= 0.3 is 0 Å². The first-order valence-corrected chi connectivity index (χ1v) is 9.25. The van der Waals surface area contributed by atoms with Gasteiger partial charge in [-0.2, -0.15) is 0 Å². The average molecular weight is 387 g/mol. The van der Waals surface area contributed by atoms with Gasteiger partial charge in [0.05, 0.1) is 22.2 Å². The summed E-state index contributed by atoms with van der Waals surface area (Å²) in [6.07, 6.45) is 0. The van der Waals surface area contributed by atoms with E-state index in [1.54, 1.807) is 24.3 Å². The van der Waals surface area contributed by atoms with Crippen molar-refractivity contribution in [1.29, 1.82) is 0 Å². The number of carbonyl (C=O) groups excluding carboxylic acids is 1. The summed E-state index contributed by atoms with van der Waals surface area (Å²) < 4.78 is 26.7. The minimum atomic E-state index is -3.78. The molecule has 0 aliphatic heterocycles. The van der Waals surface area contributed by atoms with Gasteiger partial charge in [0.2, 0.25) is 15.9 Å². The number of sulfonamides is 1. The maximum absolute atomic E-state index is 12.2. The van der Waals surface area contributed by atoms with E-state index in [9.17, 15) is 13.2 Å². The third-order valence-corrected chi connectivity index (χ3v) is 5.38. The lowest BCUT2D eigenvalue weighted by molar-refractivity contribution is -0.115. The molecule has 0 saturated heterocycles. The summed E-state index contributed by atoms with van der Waals surface area (Å²) in [7, 11) is -3.78. The van der Waals surface area contributed by atoms with E-state index in [4.69, 9.17) is 23.2 Å². The van der Waals surface area contributed by atoms with E-state index < -0.39 is 22.5 Å². The topological polar surface area (TPSA) is 75.3 Å². The molecule has 0 unspecified atom stereocenters. The molecule has 128 valence electrons. The highest BCUT2D eigenvalue weighted by Gasteiger charge is 2.16. The van der Waals surface area contributed by atoms with Crippen molar-refractivity contribution in [3.63, 3.8) is 0 Å². The quantitative estimate of drug-likeness (QED) is 0.824. The Morgan fingerprint density at radius 1 is 1.04 bits per heavy atom. The predicted molar refractivity (Wildman–Crippen MR) is 96.2 cm³/mol. The van der Waals surface area contributed by atoms with Crippen LogP contribution in [0.1, 0.15) is 11.1 Å². The Morgan fingerprint density at radius 3 is 2.42 bits per heavy atom. The first kappa shape index (κ1) is 18.7. The third-order valence-electron chi connectivity index (χ3n) is 3.41. The summed E-state index contributed by atoms with van der Waals surface area (Å²) in [4.78, 5) is 12.0. The second-order valence-corrected chi connectivity index (χ2v) is 7.85. The number of benzene rings is 2. The fourth-order valence-electron chi connectivity index (χ4n) is 1.91. The Kier molecular flexibility index (Phi) is 5.87. The predicted octanol–water partition coefficient (Wildman–Crippen LogP) is 3.53. The Labute approximate surface area is 151 Å². The van der Waals surface area contributed by atoms with Crippen molar-refractivity contribution in [3.8, 4) is 0 Å². The number of hydrogen-bond donors (Lipinski definition) is 2. The first-order valence-electron chi connectivity index (χ1n) is 7.01. The molecule has 2 N–H and O–H groups in total. The van der Waals surface area contributed by atoms with Crippen LogP contribution in [0.4, 0.5) is 5.69 Å². The van der Waals surface area contributed by atoms with Crippen molar-refractivity contribution in [2.45, 2.75) is 18.7 Å². The Morgan fingerprint density at radius 2 is 1.75 bits per heavy atom. The molecule has 1 amide bonds. The molecule has 5 nitrogen and oxygen atoms in total. The van der Waals surface area contributed by atoms with Crippen molar-refractivity contribution in [2.75, 3.05) is 11.9 Å². The molecule has 0 atom stereocenters. The van der Waals surface area contributed by atoms with Gasteiger partial charge < -0.3 is 5.32 Å². The molecule has 0 fully saturated rings. The molecular weight excluding hydrogens is 371 g/mol. The molecule has 0 aliphatic carbocycles. The molecule has 24 heavy (non-hydrogen) atoms. The maximum Gasteiger partial charge on any atom is 0.241 e. The Balaban J connectivity index is 2.04. The number of amides is 1. The number of aryl methyl sites for hydroxylation is 2. The molecule has 0 radical (unpaired) electrons. The zero-order valence-electron chi connectivity index (χ0n) is 13.1. The zero-order valence-corrected chi connectivity index (χ0v) is 15.4. The fraction of sp³-hybridized carbons (Fsp3) is 0.188. The molecule has 0 spiro atoms. The van der Waals surface area contributed by atoms with E-state index in [2.05, 4.69) is 10.0 Å². The standard InChI is InChI=1S/C16H16Cl2N2O3S/c1-10-3-5-13(7-11(10)2)24(22,23)19-9-16(21)20-15-8-12(17)4-6-14(15)18/h3-8,19H,9H2,1-2H3,(H,20,21). The van der Waals surface area contributed by atoms with Crippen LogP contribution in [0.15, 0.2) is 41.3 Å². The third kappa shape index (κ3) is 4.70. The lowest BCUT2D eigenvalue weighted by atomic mass is 10.1. The minimum absolute atomic E-state index is 0.110. The van der Waals surface area contributed by atoms with Gasteiger partial charge in [-0.25, -0.2) is 13.1 Å². The van der Waals surface area contributed by atoms with Crippen LogP contribution >= 0.6 is 23.2 Å². The van der Waals surface area contributed by atoms with Gasteiger partial charge in [-0.1, -0.05) is 29.3 Å². The van der Waals surface area contributed by atoms with E-state index in [-0.39, 0.29) is 4.90 Å². The van der Waals surface area contributed by atoms with Crippen molar-refractivity contribution in [3.05, 3.63) is 57.6 Å². The Hall–Kier alpha value is -1.60. The molecule has 0 heterocycles. The monoisotopic (exact) mass is 386 g/mol. The highest BCUT2D eigenvalue weighted by molar-refractivity contribution is 7.89. The average Bonchev–Trinajstić information content (AvgIpc) is 2.51. The minimum Gasteiger partial charge on any atom is -0.324 e. The van der Waals surface area contributed by atoms with E-state index in [1.165, 1.54) is 12.1 Å². The molecule has 2 aromatic carbocycles. The molecule has 0 aromatic heterocycles. The van der Waals surface area contributed by atoms with Crippen molar-refractivity contribution < 1.29 is 13.2 Å². The van der Waals surface area contributed by atoms with Crippen LogP contribution in [0.5, 0.6) is 0 Å². The van der Waals surface area contributed by atoms with Crippen LogP contribution in [0.25, 0.3) is 0 Å². The van der Waals surface area contributed by atoms with Crippen LogP contribution in [0.2, 0.25) is 10.0 Å². The van der Waals surface area contributed by atoms with E-state index in [1.807, 2.05) is 13.8 Å². The smallest absolute Gasteiger partial charge is 0.241 e. The highest BCUT2D eigenvalue weighted by Crippen LogP contribution is 2.25. The largest absolute Gasteiger partial charge is 0.324 e. The lowest BCUT2D eigenvalue weighted by Gasteiger charge is -2.10. The second kappa shape index (κ2) is 7.53. The number of carbonyl (C=O) groups is 1. The van der Waals surface area contributed by atoms with Crippen molar-refractivity contribution >= 4 is 44.8 Å². The van der Waals surface area contributed by atoms with Crippen molar-refractivity contribution in [1.82, 2.24) is 4.72 Å². The van der Waals surface area contributed by atoms with Crippen LogP contribution in [-0.2, 0) is 14.8 Å². The summed E-state index contributed by atoms with van der Waals surface area (Å²) in [5, 5.41) is 3.23. The summed E-state index contributed by atoms with van der Waals surface area (Å²) in [5.41, 5.74) is 2.16. The lowest BCUT2D eigenvalue weighted by Crippen LogP contribution is -2.33. The molecular formula is C16H16Cl2N2O3S. The Bertz CT molecular complexity index is 883. The SMILES string of the molecule is Cc1ccc(S(=O)(=O)NCC(=O)Nc2cc(Cl)ccc2Cl)cc1C. The van der Waals surface area contributed by atoms with Gasteiger partial charge in [-0.15, -0.1) is 0 Å². The van der Waals surface area contributed by atoms with E-state index >= 15 is 0 Å². The molecule has 2 rings (SSSR count). The van der Waals surface area contributed by atoms with Gasteiger partial charge in [0.1, 0.15) is 0 Å². The number of anilines is 1. The second-order valence-electron chi connectivity index (χ2n) is 5.24. The van der Waals surface area contributed by atoms with Crippen LogP contribution in [-0.4, -0.2) is 20.9 Å². The van der Waals surface area contributed by atoms with Gasteiger partial charge in [0, 0.05) is 5.02 Å². The fourth-order valence-corrected chi connectivity index (χ4v) is 3.32. The van der Waals surface area contributed by atoms with Crippen molar-refractivity contribution in [2.24, 2.45) is 0 Å². The van der Waals surface area contributed by atoms with Crippen LogP contribution in [0.3, 0.4) is 0 Å². The maximum atomic E-state index is 12.2. The molecule has 2 aromatic rings. The number of hydrogen-bond acceptors (Lipinski definition) is 3. The van der Waals surface area contributed by atoms with Crippen LogP contribution in [0, 0.1) is 13.8 Å². The number of rotatable bonds is 5. The zero-order chi connectivity index (χ0) is 17.9. The van der Waals surface area contributed by atoms with Gasteiger partial charge in [-0.05, 0) is 55.3 Å². The highest BCUT2D eigenvalue weighted by atomic mass is 35.5. The van der Waals surface area contributed by atoms with Crippen LogP contribution < -0.4 is 10.0 Å². The summed E-state index contributed by atoms with van der Waals surface area (Å²) in [6.45, 7) is 3.29. The summed E-state index contributed by atoms with van der Waals surface area (Å²) in [6, 6.07) is 9.38. The first-order chi connectivity index (χ1) is 11.2. The normalized spacial score (nSPS) is 11.3. The molecule has 0 aliphatic rings. The van der Waals surface area contributed by atoms with E-state index in [0.717, 1.165) is 11.1 Å². The van der Waals surface area contributed by atoms with Gasteiger partial charge in [0.15, 0.2) is 0 Å². The van der Waals surface area contributed by atoms with Gasteiger partial charge in [0.25, 0.3) is 0 Å². The number of halogens is 2. The van der Waals surface area contributed by atoms with Gasteiger partial charge in [-0.3, -0.25) is 4.79 Å². The van der Waals surface area contributed by atoms with E-state index in [0.29, 0.717) is 15.7 Å². The summed E-state index contributed by atoms with van der Waals surface area (Å²) in [5.74, 6) is -0.549. The number of nitrogens with one attached hydrogen (secondary N) is 2. The molecule has 8 heteroatoms. The molecule has 0 bridgehead atoms.